The van der Waals surface area contributed by atoms with Crippen molar-refractivity contribution in [3.63, 3.8) is 0 Å². The normalized spacial score (nSPS) is 13.7. The van der Waals surface area contributed by atoms with Crippen LogP contribution in [0.25, 0.3) is 0 Å². The van der Waals surface area contributed by atoms with Crippen LogP contribution in [0.2, 0.25) is 5.02 Å². The molecule has 0 saturated carbocycles. The van der Waals surface area contributed by atoms with Crippen LogP contribution in [0, 0.1) is 0 Å². The Balaban J connectivity index is 1.37. The van der Waals surface area contributed by atoms with E-state index in [4.69, 9.17) is 11.6 Å². The van der Waals surface area contributed by atoms with Gasteiger partial charge < -0.3 is 10.2 Å². The maximum Gasteiger partial charge on any atom is 0.230 e. The Kier molecular flexibility index (Phi) is 5.92. The molecular formula is C22H20ClN3O2S. The van der Waals surface area contributed by atoms with Crippen molar-refractivity contribution in [2.24, 2.45) is 0 Å². The number of halogens is 1. The zero-order chi connectivity index (χ0) is 20.2. The Hall–Kier alpha value is -2.70. The van der Waals surface area contributed by atoms with Gasteiger partial charge in [-0.1, -0.05) is 29.8 Å². The third-order valence-corrected chi connectivity index (χ3v) is 5.83. The number of rotatable bonds is 6. The van der Waals surface area contributed by atoms with Gasteiger partial charge in [0.25, 0.3) is 0 Å². The second-order valence-corrected chi connectivity index (χ2v) is 8.34. The Labute approximate surface area is 178 Å². The minimum atomic E-state index is -0.130. The fourth-order valence-corrected chi connectivity index (χ4v) is 4.42. The number of anilines is 2. The van der Waals surface area contributed by atoms with E-state index in [9.17, 15) is 9.59 Å². The van der Waals surface area contributed by atoms with Crippen molar-refractivity contribution in [2.75, 3.05) is 16.8 Å². The summed E-state index contributed by atoms with van der Waals surface area (Å²) in [5, 5.41) is 6.48. The minimum Gasteiger partial charge on any atom is -0.326 e. The number of carbonyl (C=O) groups excluding carboxylic acids is 2. The first kappa shape index (κ1) is 19.6. The van der Waals surface area contributed by atoms with E-state index in [0.717, 1.165) is 34.9 Å². The third-order valence-electron chi connectivity index (χ3n) is 4.70. The van der Waals surface area contributed by atoms with E-state index in [-0.39, 0.29) is 18.2 Å². The van der Waals surface area contributed by atoms with Gasteiger partial charge in [0.15, 0.2) is 0 Å². The van der Waals surface area contributed by atoms with Crippen molar-refractivity contribution < 1.29 is 9.59 Å². The molecule has 0 radical (unpaired) electrons. The lowest BCUT2D eigenvalue weighted by Crippen LogP contribution is -2.23. The molecule has 5 nitrogen and oxygen atoms in total. The molecule has 1 N–H and O–H groups in total. The Morgan fingerprint density at radius 1 is 1.21 bits per heavy atom. The van der Waals surface area contributed by atoms with Crippen molar-refractivity contribution in [1.82, 2.24) is 4.98 Å². The topological polar surface area (TPSA) is 62.3 Å². The summed E-state index contributed by atoms with van der Waals surface area (Å²) in [6.45, 7) is 0.727. The van der Waals surface area contributed by atoms with E-state index in [1.165, 1.54) is 11.3 Å². The van der Waals surface area contributed by atoms with Crippen molar-refractivity contribution in [3.8, 4) is 0 Å². The molecular weight excluding hydrogens is 406 g/mol. The standard InChI is InChI=1S/C22H20ClN3O2S/c23-16-5-1-4-15(10-16)11-21-25-18(14-29-21)13-20(27)24-17-6-2-7-19(12-17)26-9-3-8-22(26)28/h1-2,4-7,10,12,14H,3,8-9,11,13H2,(H,24,27). The van der Waals surface area contributed by atoms with Gasteiger partial charge in [0.2, 0.25) is 11.8 Å². The number of nitrogens with one attached hydrogen (secondary N) is 1. The minimum absolute atomic E-state index is 0.128. The van der Waals surface area contributed by atoms with Crippen LogP contribution >= 0.6 is 22.9 Å². The smallest absolute Gasteiger partial charge is 0.230 e. The van der Waals surface area contributed by atoms with Gasteiger partial charge >= 0.3 is 0 Å². The molecule has 0 unspecified atom stereocenters. The highest BCUT2D eigenvalue weighted by Crippen LogP contribution is 2.24. The number of amides is 2. The highest BCUT2D eigenvalue weighted by atomic mass is 35.5. The third kappa shape index (κ3) is 5.02. The van der Waals surface area contributed by atoms with E-state index >= 15 is 0 Å². The largest absolute Gasteiger partial charge is 0.326 e. The van der Waals surface area contributed by atoms with Crippen LogP contribution in [0.15, 0.2) is 53.9 Å². The molecule has 1 aliphatic heterocycles. The summed E-state index contributed by atoms with van der Waals surface area (Å²) >= 11 is 7.57. The maximum atomic E-state index is 12.4. The molecule has 0 aliphatic carbocycles. The summed E-state index contributed by atoms with van der Waals surface area (Å²) in [4.78, 5) is 30.7. The van der Waals surface area contributed by atoms with Crippen molar-refractivity contribution in [1.29, 1.82) is 0 Å². The first-order chi connectivity index (χ1) is 14.1. The van der Waals surface area contributed by atoms with Gasteiger partial charge in [-0.05, 0) is 42.3 Å². The van der Waals surface area contributed by atoms with Crippen LogP contribution in [-0.4, -0.2) is 23.3 Å². The molecule has 7 heteroatoms. The van der Waals surface area contributed by atoms with Crippen molar-refractivity contribution >= 4 is 46.1 Å². The lowest BCUT2D eigenvalue weighted by Gasteiger charge is -2.16. The van der Waals surface area contributed by atoms with Gasteiger partial charge in [-0.3, -0.25) is 9.59 Å². The number of hydrogen-bond acceptors (Lipinski definition) is 4. The average molecular weight is 426 g/mol. The molecule has 0 bridgehead atoms. The molecule has 2 heterocycles. The SMILES string of the molecule is O=C(Cc1csc(Cc2cccc(Cl)c2)n1)Nc1cccc(N2CCCC2=O)c1. The number of nitrogens with zero attached hydrogens (tertiary/aromatic N) is 2. The van der Waals surface area contributed by atoms with Crippen LogP contribution in [-0.2, 0) is 22.4 Å². The number of aromatic nitrogens is 1. The van der Waals surface area contributed by atoms with E-state index in [2.05, 4.69) is 10.3 Å². The van der Waals surface area contributed by atoms with E-state index < -0.39 is 0 Å². The van der Waals surface area contributed by atoms with E-state index in [1.54, 1.807) is 4.90 Å². The molecule has 1 saturated heterocycles. The highest BCUT2D eigenvalue weighted by Gasteiger charge is 2.21. The first-order valence-electron chi connectivity index (χ1n) is 9.45. The lowest BCUT2D eigenvalue weighted by molar-refractivity contribution is -0.117. The van der Waals surface area contributed by atoms with E-state index in [0.29, 0.717) is 23.6 Å². The van der Waals surface area contributed by atoms with Gasteiger partial charge in [0.1, 0.15) is 0 Å². The molecule has 4 rings (SSSR count). The summed E-state index contributed by atoms with van der Waals surface area (Å²) in [5.74, 6) is -0.00214. The Bertz CT molecular complexity index is 1050. The zero-order valence-electron chi connectivity index (χ0n) is 15.7. The van der Waals surface area contributed by atoms with Gasteiger partial charge in [-0.15, -0.1) is 11.3 Å². The molecule has 1 aromatic heterocycles. The van der Waals surface area contributed by atoms with Crippen molar-refractivity contribution in [2.45, 2.75) is 25.7 Å². The molecule has 1 aliphatic rings. The second-order valence-electron chi connectivity index (χ2n) is 6.96. The second kappa shape index (κ2) is 8.76. The van der Waals surface area contributed by atoms with Gasteiger partial charge in [-0.2, -0.15) is 0 Å². The summed E-state index contributed by atoms with van der Waals surface area (Å²) in [5.41, 5.74) is 3.34. The maximum absolute atomic E-state index is 12.4. The first-order valence-corrected chi connectivity index (χ1v) is 10.7. The molecule has 1 fully saturated rings. The fraction of sp³-hybridized carbons (Fsp3) is 0.227. The zero-order valence-corrected chi connectivity index (χ0v) is 17.3. The summed E-state index contributed by atoms with van der Waals surface area (Å²) in [6, 6.07) is 15.1. The van der Waals surface area contributed by atoms with Crippen LogP contribution in [0.3, 0.4) is 0 Å². The van der Waals surface area contributed by atoms with Crippen LogP contribution < -0.4 is 10.2 Å². The van der Waals surface area contributed by atoms with Crippen molar-refractivity contribution in [3.05, 3.63) is 75.2 Å². The summed E-state index contributed by atoms with van der Waals surface area (Å²) < 4.78 is 0. The number of benzene rings is 2. The van der Waals surface area contributed by atoms with E-state index in [1.807, 2.05) is 53.9 Å². The quantitative estimate of drug-likeness (QED) is 0.622. The molecule has 0 spiro atoms. The molecule has 29 heavy (non-hydrogen) atoms. The fourth-order valence-electron chi connectivity index (χ4n) is 3.38. The highest BCUT2D eigenvalue weighted by molar-refractivity contribution is 7.09. The molecule has 3 aromatic rings. The molecule has 2 amide bonds. The van der Waals surface area contributed by atoms with Crippen LogP contribution in [0.5, 0.6) is 0 Å². The molecule has 2 aromatic carbocycles. The van der Waals surface area contributed by atoms with Gasteiger partial charge in [0, 0.05) is 41.2 Å². The summed E-state index contributed by atoms with van der Waals surface area (Å²) in [7, 11) is 0. The Morgan fingerprint density at radius 3 is 2.86 bits per heavy atom. The Morgan fingerprint density at radius 2 is 2.07 bits per heavy atom. The van der Waals surface area contributed by atoms with Crippen LogP contribution in [0.4, 0.5) is 11.4 Å². The number of thiazole rings is 1. The number of carbonyl (C=O) groups is 2. The molecule has 0 atom stereocenters. The van der Waals surface area contributed by atoms with Gasteiger partial charge in [0.05, 0.1) is 17.1 Å². The predicted octanol–water partition coefficient (Wildman–Crippen LogP) is 4.70. The number of hydrogen-bond donors (Lipinski definition) is 1. The predicted molar refractivity (Wildman–Crippen MR) is 117 cm³/mol. The summed E-state index contributed by atoms with van der Waals surface area (Å²) in [6.07, 6.45) is 2.35. The monoisotopic (exact) mass is 425 g/mol. The average Bonchev–Trinajstić information content (AvgIpc) is 3.30. The lowest BCUT2D eigenvalue weighted by atomic mass is 10.2. The van der Waals surface area contributed by atoms with Gasteiger partial charge in [-0.25, -0.2) is 4.98 Å². The molecule has 148 valence electrons. The van der Waals surface area contributed by atoms with Crippen LogP contribution in [0.1, 0.15) is 29.1 Å².